The van der Waals surface area contributed by atoms with Gasteiger partial charge in [0.25, 0.3) is 5.60 Å². The van der Waals surface area contributed by atoms with Crippen LogP contribution in [-0.2, 0) is 20.9 Å². The highest BCUT2D eigenvalue weighted by atomic mass is 35.5. The first-order valence-electron chi connectivity index (χ1n) is 10.3. The van der Waals surface area contributed by atoms with Crippen LogP contribution < -0.4 is 0 Å². The molecule has 2 aromatic carbocycles. The summed E-state index contributed by atoms with van der Waals surface area (Å²) in [6.07, 6.45) is -5.48. The molecule has 0 N–H and O–H groups in total. The number of carbonyl (C=O) groups excluding carboxylic acids is 1. The van der Waals surface area contributed by atoms with Crippen LogP contribution in [0.25, 0.3) is 0 Å². The zero-order chi connectivity index (χ0) is 25.1. The summed E-state index contributed by atoms with van der Waals surface area (Å²) in [5.74, 6) is -0.361. The molecule has 1 unspecified atom stereocenters. The first kappa shape index (κ1) is 25.1. The summed E-state index contributed by atoms with van der Waals surface area (Å²) < 4.78 is 57.8. The molecule has 1 amide bonds. The molecule has 1 fully saturated rings. The van der Waals surface area contributed by atoms with Crippen LogP contribution in [0.5, 0.6) is 0 Å². The third kappa shape index (κ3) is 4.14. The van der Waals surface area contributed by atoms with E-state index in [0.717, 1.165) is 12.1 Å². The minimum atomic E-state index is -4.85. The van der Waals surface area contributed by atoms with Crippen molar-refractivity contribution in [1.29, 1.82) is 0 Å². The van der Waals surface area contributed by atoms with Gasteiger partial charge in [-0.2, -0.15) is 13.2 Å². The van der Waals surface area contributed by atoms with Gasteiger partial charge in [0, 0.05) is 17.9 Å². The van der Waals surface area contributed by atoms with E-state index in [-0.39, 0.29) is 51.3 Å². The summed E-state index contributed by atoms with van der Waals surface area (Å²) in [5.41, 5.74) is -4.12. The maximum atomic E-state index is 15.2. The maximum absolute atomic E-state index is 15.2. The van der Waals surface area contributed by atoms with E-state index < -0.39 is 23.9 Å². The normalized spacial score (nSPS) is 21.8. The highest BCUT2D eigenvalue weighted by Gasteiger charge is 2.62. The molecule has 0 saturated carbocycles. The molecule has 0 aliphatic carbocycles. The Labute approximate surface area is 208 Å². The molecule has 0 aromatic heterocycles. The number of hydrogen-bond acceptors (Lipinski definition) is 3. The van der Waals surface area contributed by atoms with Crippen LogP contribution in [0.3, 0.4) is 0 Å². The summed E-state index contributed by atoms with van der Waals surface area (Å²) in [4.78, 5) is 18.4. The molecular formula is C23H19Cl3F4N2O2. The van der Waals surface area contributed by atoms with E-state index in [1.54, 1.807) is 13.8 Å². The topological polar surface area (TPSA) is 41.9 Å². The standard InChI is InChI=1S/C23H19Cl3F4N2O2/c1-12(2)20(33)32-10-21(27,11-32)14-5-3-13(4-6-14)18-9-22(34-31-18,23(28,29)30)15-7-16(24)19(26)17(25)8-15/h3-8,12H,9-11H2,1-2H3. The van der Waals surface area contributed by atoms with E-state index in [1.807, 2.05) is 0 Å². The van der Waals surface area contributed by atoms with Crippen LogP contribution in [0.2, 0.25) is 15.1 Å². The Morgan fingerprint density at radius 2 is 1.62 bits per heavy atom. The molecule has 1 saturated heterocycles. The summed E-state index contributed by atoms with van der Waals surface area (Å²) >= 11 is 17.8. The van der Waals surface area contributed by atoms with Crippen molar-refractivity contribution < 1.29 is 27.2 Å². The molecule has 182 valence electrons. The number of hydrogen-bond donors (Lipinski definition) is 0. The van der Waals surface area contributed by atoms with Crippen LogP contribution in [0.15, 0.2) is 41.6 Å². The average molecular weight is 538 g/mol. The highest BCUT2D eigenvalue weighted by molar-refractivity contribution is 6.48. The summed E-state index contributed by atoms with van der Waals surface area (Å²) in [6, 6.07) is 8.05. The van der Waals surface area contributed by atoms with Crippen LogP contribution in [0.1, 0.15) is 37.0 Å². The number of amides is 1. The largest absolute Gasteiger partial charge is 0.435 e. The zero-order valence-corrected chi connectivity index (χ0v) is 20.3. The molecule has 0 radical (unpaired) electrons. The minimum Gasteiger partial charge on any atom is -0.374 e. The zero-order valence-electron chi connectivity index (χ0n) is 18.0. The van der Waals surface area contributed by atoms with Crippen LogP contribution in [0.4, 0.5) is 17.6 Å². The van der Waals surface area contributed by atoms with Crippen molar-refractivity contribution in [2.45, 2.75) is 37.7 Å². The van der Waals surface area contributed by atoms with Gasteiger partial charge in [0.15, 0.2) is 5.67 Å². The van der Waals surface area contributed by atoms with Gasteiger partial charge < -0.3 is 9.74 Å². The number of halogens is 7. The number of carbonyl (C=O) groups is 1. The predicted molar refractivity (Wildman–Crippen MR) is 122 cm³/mol. The van der Waals surface area contributed by atoms with Gasteiger partial charge >= 0.3 is 6.18 Å². The van der Waals surface area contributed by atoms with Crippen molar-refractivity contribution in [3.63, 3.8) is 0 Å². The Hall–Kier alpha value is -2.03. The lowest BCUT2D eigenvalue weighted by Gasteiger charge is -2.45. The van der Waals surface area contributed by atoms with E-state index in [4.69, 9.17) is 39.6 Å². The number of oxime groups is 1. The van der Waals surface area contributed by atoms with Crippen LogP contribution in [-0.4, -0.2) is 35.8 Å². The molecule has 2 aromatic rings. The second-order valence-electron chi connectivity index (χ2n) is 8.78. The van der Waals surface area contributed by atoms with E-state index in [2.05, 4.69) is 5.16 Å². The smallest absolute Gasteiger partial charge is 0.374 e. The van der Waals surface area contributed by atoms with Crippen LogP contribution >= 0.6 is 34.8 Å². The fraction of sp³-hybridized carbons (Fsp3) is 0.391. The number of alkyl halides is 4. The van der Waals surface area contributed by atoms with Crippen molar-refractivity contribution in [2.24, 2.45) is 11.1 Å². The Bertz CT molecular complexity index is 1140. The molecule has 1 atom stereocenters. The summed E-state index contributed by atoms with van der Waals surface area (Å²) in [6.45, 7) is 3.35. The Morgan fingerprint density at radius 1 is 1.06 bits per heavy atom. The minimum absolute atomic E-state index is 0.0317. The van der Waals surface area contributed by atoms with E-state index >= 15 is 4.39 Å². The van der Waals surface area contributed by atoms with E-state index in [0.29, 0.717) is 11.1 Å². The van der Waals surface area contributed by atoms with Gasteiger partial charge in [-0.05, 0) is 23.3 Å². The molecule has 2 aliphatic heterocycles. The van der Waals surface area contributed by atoms with Crippen molar-refractivity contribution in [3.8, 4) is 0 Å². The lowest BCUT2D eigenvalue weighted by Crippen LogP contribution is -2.59. The maximum Gasteiger partial charge on any atom is 0.435 e. The first-order valence-corrected chi connectivity index (χ1v) is 11.5. The fourth-order valence-corrected chi connectivity index (χ4v) is 4.67. The van der Waals surface area contributed by atoms with Gasteiger partial charge in [0.05, 0.1) is 33.9 Å². The Balaban J connectivity index is 1.56. The lowest BCUT2D eigenvalue weighted by atomic mass is 9.84. The molecule has 2 aliphatic rings. The van der Waals surface area contributed by atoms with Crippen molar-refractivity contribution in [3.05, 3.63) is 68.2 Å². The second kappa shape index (κ2) is 8.57. The summed E-state index contributed by atoms with van der Waals surface area (Å²) in [5, 5.41) is 3.34. The molecule has 4 nitrogen and oxygen atoms in total. The predicted octanol–water partition coefficient (Wildman–Crippen LogP) is 6.89. The number of nitrogens with zero attached hydrogens (tertiary/aromatic N) is 2. The van der Waals surface area contributed by atoms with Crippen molar-refractivity contribution in [2.75, 3.05) is 13.1 Å². The van der Waals surface area contributed by atoms with Gasteiger partial charge in [0.2, 0.25) is 5.91 Å². The third-order valence-corrected chi connectivity index (χ3v) is 7.26. The van der Waals surface area contributed by atoms with E-state index in [1.165, 1.54) is 29.2 Å². The molecule has 0 bridgehead atoms. The number of rotatable bonds is 4. The van der Waals surface area contributed by atoms with Crippen LogP contribution in [0, 0.1) is 5.92 Å². The molecule has 4 rings (SSSR count). The Kier molecular flexibility index (Phi) is 6.32. The molecular weight excluding hydrogens is 519 g/mol. The van der Waals surface area contributed by atoms with Gasteiger partial charge in [0.1, 0.15) is 0 Å². The quantitative estimate of drug-likeness (QED) is 0.315. The summed E-state index contributed by atoms with van der Waals surface area (Å²) in [7, 11) is 0. The van der Waals surface area contributed by atoms with Crippen molar-refractivity contribution in [1.82, 2.24) is 4.90 Å². The van der Waals surface area contributed by atoms with Gasteiger partial charge in [-0.15, -0.1) is 0 Å². The van der Waals surface area contributed by atoms with E-state index in [9.17, 15) is 18.0 Å². The molecule has 0 spiro atoms. The third-order valence-electron chi connectivity index (χ3n) is 6.06. The van der Waals surface area contributed by atoms with Crippen molar-refractivity contribution >= 4 is 46.4 Å². The molecule has 11 heteroatoms. The lowest BCUT2D eigenvalue weighted by molar-refractivity contribution is -0.275. The fourth-order valence-electron chi connectivity index (χ4n) is 4.07. The van der Waals surface area contributed by atoms with Gasteiger partial charge in [-0.3, -0.25) is 4.79 Å². The number of benzene rings is 2. The van der Waals surface area contributed by atoms with Gasteiger partial charge in [-0.1, -0.05) is 78.1 Å². The number of likely N-dealkylation sites (tertiary alicyclic amines) is 1. The molecule has 34 heavy (non-hydrogen) atoms. The van der Waals surface area contributed by atoms with Gasteiger partial charge in [-0.25, -0.2) is 4.39 Å². The average Bonchev–Trinajstić information content (AvgIpc) is 3.21. The SMILES string of the molecule is CC(C)C(=O)N1CC(F)(c2ccc(C3=NOC(c4cc(Cl)c(Cl)c(Cl)c4)(C(F)(F)F)C3)cc2)C1. The molecule has 2 heterocycles. The second-order valence-corrected chi connectivity index (χ2v) is 9.97. The first-order chi connectivity index (χ1) is 15.8. The Morgan fingerprint density at radius 3 is 2.12 bits per heavy atom. The highest BCUT2D eigenvalue weighted by Crippen LogP contribution is 2.50. The monoisotopic (exact) mass is 536 g/mol.